The van der Waals surface area contributed by atoms with Gasteiger partial charge in [0.05, 0.1) is 6.61 Å². The molecule has 188 valence electrons. The first-order valence-electron chi connectivity index (χ1n) is 12.9. The average molecular weight is 479 g/mol. The Balaban J connectivity index is 1.41. The number of carbonyl (C=O) groups is 2. The first kappa shape index (κ1) is 25.2. The summed E-state index contributed by atoms with van der Waals surface area (Å²) in [7, 11) is 0. The SMILES string of the molecule is CCOc1ccc(C(=O)N(CCC(=O)N2CCNCC2)C2CCN(Cc3ccccc3)CC2)cc1. The summed E-state index contributed by atoms with van der Waals surface area (Å²) in [5.74, 6) is 0.902. The van der Waals surface area contributed by atoms with E-state index >= 15 is 0 Å². The lowest BCUT2D eigenvalue weighted by molar-refractivity contribution is -0.132. The molecule has 2 aliphatic rings. The molecule has 0 radical (unpaired) electrons. The van der Waals surface area contributed by atoms with Crippen molar-refractivity contribution in [3.63, 3.8) is 0 Å². The lowest BCUT2D eigenvalue weighted by atomic mass is 10.0. The van der Waals surface area contributed by atoms with E-state index in [0.717, 1.165) is 64.4 Å². The van der Waals surface area contributed by atoms with Gasteiger partial charge in [-0.05, 0) is 49.6 Å². The lowest BCUT2D eigenvalue weighted by Gasteiger charge is -2.39. The molecule has 2 aromatic carbocycles. The first-order chi connectivity index (χ1) is 17.1. The third kappa shape index (κ3) is 7.05. The van der Waals surface area contributed by atoms with Gasteiger partial charge in [-0.2, -0.15) is 0 Å². The van der Waals surface area contributed by atoms with Gasteiger partial charge in [-0.25, -0.2) is 0 Å². The summed E-state index contributed by atoms with van der Waals surface area (Å²) in [4.78, 5) is 32.8. The molecule has 0 unspecified atom stereocenters. The van der Waals surface area contributed by atoms with Gasteiger partial charge in [-0.1, -0.05) is 30.3 Å². The van der Waals surface area contributed by atoms with Crippen molar-refractivity contribution in [2.75, 3.05) is 52.4 Å². The van der Waals surface area contributed by atoms with E-state index in [2.05, 4.69) is 34.5 Å². The molecule has 0 atom stereocenters. The number of carbonyl (C=O) groups excluding carboxylic acids is 2. The van der Waals surface area contributed by atoms with Crippen molar-refractivity contribution in [1.82, 2.24) is 20.0 Å². The fourth-order valence-electron chi connectivity index (χ4n) is 5.00. The predicted molar refractivity (Wildman–Crippen MR) is 137 cm³/mol. The quantitative estimate of drug-likeness (QED) is 0.600. The third-order valence-electron chi connectivity index (χ3n) is 6.96. The van der Waals surface area contributed by atoms with Crippen LogP contribution in [-0.4, -0.2) is 85.0 Å². The number of piperidine rings is 1. The van der Waals surface area contributed by atoms with Crippen LogP contribution in [-0.2, 0) is 11.3 Å². The summed E-state index contributed by atoms with van der Waals surface area (Å²) in [6.45, 7) is 8.96. The molecule has 0 saturated carbocycles. The molecular weight excluding hydrogens is 440 g/mol. The highest BCUT2D eigenvalue weighted by molar-refractivity contribution is 5.94. The highest BCUT2D eigenvalue weighted by Gasteiger charge is 2.29. The maximum Gasteiger partial charge on any atom is 0.254 e. The maximum atomic E-state index is 13.6. The number of amides is 2. The molecule has 2 aliphatic heterocycles. The number of rotatable bonds is 9. The molecule has 4 rings (SSSR count). The first-order valence-corrected chi connectivity index (χ1v) is 12.9. The largest absolute Gasteiger partial charge is 0.494 e. The number of hydrogen-bond acceptors (Lipinski definition) is 5. The second-order valence-electron chi connectivity index (χ2n) is 9.33. The van der Waals surface area contributed by atoms with Gasteiger partial charge in [-0.3, -0.25) is 14.5 Å². The molecule has 0 bridgehead atoms. The van der Waals surface area contributed by atoms with Crippen LogP contribution in [0.15, 0.2) is 54.6 Å². The van der Waals surface area contributed by atoms with Crippen molar-refractivity contribution < 1.29 is 14.3 Å². The van der Waals surface area contributed by atoms with E-state index in [-0.39, 0.29) is 17.9 Å². The standard InChI is InChI=1S/C28H38N4O3/c1-2-35-26-10-8-24(9-11-26)28(34)32(19-14-27(33)31-20-15-29-16-21-31)25-12-17-30(18-13-25)22-23-6-4-3-5-7-23/h3-11,25,29H,2,12-22H2,1H3. The molecule has 2 heterocycles. The molecule has 7 heteroatoms. The number of ether oxygens (including phenoxy) is 1. The Morgan fingerprint density at radius 1 is 0.971 bits per heavy atom. The van der Waals surface area contributed by atoms with Gasteiger partial charge in [0.15, 0.2) is 0 Å². The van der Waals surface area contributed by atoms with E-state index in [9.17, 15) is 9.59 Å². The predicted octanol–water partition coefficient (Wildman–Crippen LogP) is 3.01. The topological polar surface area (TPSA) is 65.1 Å². The lowest BCUT2D eigenvalue weighted by Crippen LogP contribution is -2.50. The highest BCUT2D eigenvalue weighted by atomic mass is 16.5. The number of nitrogens with one attached hydrogen (secondary N) is 1. The van der Waals surface area contributed by atoms with E-state index in [1.165, 1.54) is 5.56 Å². The third-order valence-corrected chi connectivity index (χ3v) is 6.96. The van der Waals surface area contributed by atoms with E-state index in [1.807, 2.05) is 47.1 Å². The van der Waals surface area contributed by atoms with Crippen LogP contribution in [0.4, 0.5) is 0 Å². The van der Waals surface area contributed by atoms with Gasteiger partial charge in [-0.15, -0.1) is 0 Å². The van der Waals surface area contributed by atoms with E-state index in [4.69, 9.17) is 4.74 Å². The molecule has 2 amide bonds. The minimum Gasteiger partial charge on any atom is -0.494 e. The van der Waals surface area contributed by atoms with Crippen molar-refractivity contribution in [3.8, 4) is 5.75 Å². The van der Waals surface area contributed by atoms with Crippen LogP contribution >= 0.6 is 0 Å². The van der Waals surface area contributed by atoms with Gasteiger partial charge in [0.2, 0.25) is 5.91 Å². The van der Waals surface area contributed by atoms with Gasteiger partial charge in [0, 0.05) is 70.4 Å². The van der Waals surface area contributed by atoms with E-state index < -0.39 is 0 Å². The minimum absolute atomic E-state index is 0.00247. The summed E-state index contributed by atoms with van der Waals surface area (Å²) in [6.07, 6.45) is 2.20. The molecule has 2 fully saturated rings. The van der Waals surface area contributed by atoms with Crippen molar-refractivity contribution in [1.29, 1.82) is 0 Å². The maximum absolute atomic E-state index is 13.6. The van der Waals surface area contributed by atoms with Gasteiger partial charge in [0.25, 0.3) is 5.91 Å². The molecular formula is C28H38N4O3. The molecule has 35 heavy (non-hydrogen) atoms. The van der Waals surface area contributed by atoms with Crippen LogP contribution < -0.4 is 10.1 Å². The molecule has 7 nitrogen and oxygen atoms in total. The van der Waals surface area contributed by atoms with Crippen LogP contribution in [0.25, 0.3) is 0 Å². The van der Waals surface area contributed by atoms with Crippen LogP contribution in [0.1, 0.15) is 42.1 Å². The van der Waals surface area contributed by atoms with Crippen LogP contribution in [0.5, 0.6) is 5.75 Å². The van der Waals surface area contributed by atoms with E-state index in [0.29, 0.717) is 25.1 Å². The normalized spacial score (nSPS) is 17.2. The molecule has 0 spiro atoms. The second kappa shape index (κ2) is 12.7. The van der Waals surface area contributed by atoms with Crippen molar-refractivity contribution >= 4 is 11.8 Å². The smallest absolute Gasteiger partial charge is 0.254 e. The molecule has 2 aromatic rings. The summed E-state index contributed by atoms with van der Waals surface area (Å²) < 4.78 is 5.54. The Morgan fingerprint density at radius 2 is 1.66 bits per heavy atom. The van der Waals surface area contributed by atoms with Crippen molar-refractivity contribution in [2.24, 2.45) is 0 Å². The Kier molecular flexibility index (Phi) is 9.15. The Morgan fingerprint density at radius 3 is 2.31 bits per heavy atom. The second-order valence-corrected chi connectivity index (χ2v) is 9.33. The highest BCUT2D eigenvalue weighted by Crippen LogP contribution is 2.22. The summed E-state index contributed by atoms with van der Waals surface area (Å²) in [6, 6.07) is 18.0. The zero-order valence-corrected chi connectivity index (χ0v) is 20.8. The molecule has 0 aromatic heterocycles. The van der Waals surface area contributed by atoms with Gasteiger partial charge in [0.1, 0.15) is 5.75 Å². The molecule has 0 aliphatic carbocycles. The summed E-state index contributed by atoms with van der Waals surface area (Å²) in [5.41, 5.74) is 1.96. The van der Waals surface area contributed by atoms with Gasteiger partial charge < -0.3 is 19.9 Å². The number of piperazine rings is 1. The summed E-state index contributed by atoms with van der Waals surface area (Å²) >= 11 is 0. The van der Waals surface area contributed by atoms with Crippen LogP contribution in [0.2, 0.25) is 0 Å². The zero-order valence-electron chi connectivity index (χ0n) is 20.8. The number of benzene rings is 2. The van der Waals surface area contributed by atoms with Crippen molar-refractivity contribution in [3.05, 3.63) is 65.7 Å². The Labute approximate surface area is 209 Å². The monoisotopic (exact) mass is 478 g/mol. The molecule has 2 saturated heterocycles. The summed E-state index contributed by atoms with van der Waals surface area (Å²) in [5, 5.41) is 3.29. The minimum atomic E-state index is 0.00247. The zero-order chi connectivity index (χ0) is 24.5. The molecule has 1 N–H and O–H groups in total. The van der Waals surface area contributed by atoms with E-state index in [1.54, 1.807) is 0 Å². The van der Waals surface area contributed by atoms with Crippen LogP contribution in [0.3, 0.4) is 0 Å². The number of nitrogens with zero attached hydrogens (tertiary/aromatic N) is 3. The average Bonchev–Trinajstić information content (AvgIpc) is 2.91. The fourth-order valence-corrected chi connectivity index (χ4v) is 5.00. The fraction of sp³-hybridized carbons (Fsp3) is 0.500. The number of hydrogen-bond donors (Lipinski definition) is 1. The van der Waals surface area contributed by atoms with Crippen LogP contribution in [0, 0.1) is 0 Å². The Bertz CT molecular complexity index is 936. The van der Waals surface area contributed by atoms with Gasteiger partial charge >= 0.3 is 0 Å². The van der Waals surface area contributed by atoms with Crippen molar-refractivity contribution in [2.45, 2.75) is 38.8 Å². The number of likely N-dealkylation sites (tertiary alicyclic amines) is 1. The Hall–Kier alpha value is -2.90.